The average Bonchev–Trinajstić information content (AvgIpc) is 2.53. The lowest BCUT2D eigenvalue weighted by Crippen LogP contribution is -2.39. The van der Waals surface area contributed by atoms with E-state index >= 15 is 0 Å². The molecule has 0 amide bonds. The molecular formula is C14H25NO2. The molecule has 0 aliphatic heterocycles. The molecule has 1 fully saturated rings. The second-order valence-electron chi connectivity index (χ2n) is 5.05. The fourth-order valence-electron chi connectivity index (χ4n) is 2.81. The highest BCUT2D eigenvalue weighted by Crippen LogP contribution is 2.28. The van der Waals surface area contributed by atoms with E-state index in [0.717, 1.165) is 18.8 Å². The summed E-state index contributed by atoms with van der Waals surface area (Å²) in [6.45, 7) is 6.81. The minimum absolute atomic E-state index is 0.146. The summed E-state index contributed by atoms with van der Waals surface area (Å²) in [5, 5.41) is 8.93. The molecule has 0 aromatic heterocycles. The van der Waals surface area contributed by atoms with Gasteiger partial charge >= 0.3 is 5.97 Å². The Hall–Kier alpha value is -0.830. The van der Waals surface area contributed by atoms with Crippen molar-refractivity contribution in [3.63, 3.8) is 0 Å². The number of carboxylic acids is 1. The summed E-state index contributed by atoms with van der Waals surface area (Å²) in [6.07, 6.45) is 9.13. The van der Waals surface area contributed by atoms with E-state index in [1.165, 1.54) is 25.7 Å². The second kappa shape index (κ2) is 7.49. The highest BCUT2D eigenvalue weighted by Gasteiger charge is 2.23. The van der Waals surface area contributed by atoms with Crippen molar-refractivity contribution in [3.8, 4) is 0 Å². The van der Waals surface area contributed by atoms with Crippen LogP contribution in [-0.2, 0) is 4.79 Å². The van der Waals surface area contributed by atoms with Gasteiger partial charge in [0.2, 0.25) is 0 Å². The molecule has 0 saturated heterocycles. The first-order chi connectivity index (χ1) is 8.17. The number of nitrogens with zero attached hydrogens (tertiary/aromatic N) is 1. The fourth-order valence-corrected chi connectivity index (χ4v) is 2.81. The molecule has 3 nitrogen and oxygen atoms in total. The third-order valence-corrected chi connectivity index (χ3v) is 3.85. The zero-order valence-electron chi connectivity index (χ0n) is 10.9. The summed E-state index contributed by atoms with van der Waals surface area (Å²) in [4.78, 5) is 12.9. The van der Waals surface area contributed by atoms with Crippen molar-refractivity contribution in [1.29, 1.82) is 0 Å². The molecule has 98 valence electrons. The van der Waals surface area contributed by atoms with Crippen molar-refractivity contribution in [2.24, 2.45) is 5.92 Å². The first kappa shape index (κ1) is 14.2. The number of carboxylic acid groups (broad SMARTS) is 1. The molecule has 1 rings (SSSR count). The van der Waals surface area contributed by atoms with E-state index in [4.69, 9.17) is 5.11 Å². The van der Waals surface area contributed by atoms with Gasteiger partial charge in [0.25, 0.3) is 0 Å². The van der Waals surface area contributed by atoms with Gasteiger partial charge in [-0.05, 0) is 25.2 Å². The first-order valence-electron chi connectivity index (χ1n) is 6.74. The Morgan fingerprint density at radius 1 is 1.41 bits per heavy atom. The number of hydrogen-bond donors (Lipinski definition) is 1. The van der Waals surface area contributed by atoms with Gasteiger partial charge in [0.1, 0.15) is 0 Å². The van der Waals surface area contributed by atoms with Crippen LogP contribution in [-0.4, -0.2) is 35.1 Å². The van der Waals surface area contributed by atoms with Crippen LogP contribution in [0.1, 0.15) is 45.4 Å². The molecule has 1 aliphatic carbocycles. The Morgan fingerprint density at radius 2 is 2.18 bits per heavy atom. The summed E-state index contributed by atoms with van der Waals surface area (Å²) in [5.74, 6) is 0.110. The Labute approximate surface area is 105 Å². The van der Waals surface area contributed by atoms with Crippen LogP contribution >= 0.6 is 0 Å². The van der Waals surface area contributed by atoms with E-state index < -0.39 is 5.97 Å². The van der Waals surface area contributed by atoms with Gasteiger partial charge in [-0.15, -0.1) is 6.58 Å². The molecule has 2 atom stereocenters. The van der Waals surface area contributed by atoms with E-state index in [9.17, 15) is 4.79 Å². The predicted octanol–water partition coefficient (Wildman–Crippen LogP) is 2.92. The smallest absolute Gasteiger partial charge is 0.317 e. The average molecular weight is 239 g/mol. The van der Waals surface area contributed by atoms with Crippen LogP contribution in [0.2, 0.25) is 0 Å². The molecular weight excluding hydrogens is 214 g/mol. The van der Waals surface area contributed by atoms with Crippen LogP contribution in [0.25, 0.3) is 0 Å². The summed E-state index contributed by atoms with van der Waals surface area (Å²) >= 11 is 0. The standard InChI is InChI=1S/C14H25NO2/c1-3-10-15(11-14(16)17)13-7-5-6-12(4-2)8-9-13/h3,12-13H,1,4-11H2,2H3,(H,16,17). The van der Waals surface area contributed by atoms with Gasteiger partial charge in [-0.25, -0.2) is 0 Å². The topological polar surface area (TPSA) is 40.5 Å². The number of hydrogen-bond acceptors (Lipinski definition) is 2. The minimum atomic E-state index is -0.733. The van der Waals surface area contributed by atoms with Crippen LogP contribution in [0.3, 0.4) is 0 Å². The second-order valence-corrected chi connectivity index (χ2v) is 5.05. The Bertz CT molecular complexity index is 253. The molecule has 1 aliphatic rings. The molecule has 2 unspecified atom stereocenters. The molecule has 0 spiro atoms. The summed E-state index contributed by atoms with van der Waals surface area (Å²) < 4.78 is 0. The van der Waals surface area contributed by atoms with E-state index in [0.29, 0.717) is 12.6 Å². The predicted molar refractivity (Wildman–Crippen MR) is 70.1 cm³/mol. The number of rotatable bonds is 6. The number of aliphatic carboxylic acids is 1. The van der Waals surface area contributed by atoms with Crippen LogP contribution in [0.5, 0.6) is 0 Å². The van der Waals surface area contributed by atoms with Crippen LogP contribution in [0.15, 0.2) is 12.7 Å². The highest BCUT2D eigenvalue weighted by molar-refractivity contribution is 5.69. The molecule has 1 saturated carbocycles. The van der Waals surface area contributed by atoms with Gasteiger partial charge in [0.15, 0.2) is 0 Å². The van der Waals surface area contributed by atoms with Crippen molar-refractivity contribution < 1.29 is 9.90 Å². The lowest BCUT2D eigenvalue weighted by Gasteiger charge is -2.28. The first-order valence-corrected chi connectivity index (χ1v) is 6.74. The summed E-state index contributed by atoms with van der Waals surface area (Å²) in [7, 11) is 0. The molecule has 17 heavy (non-hydrogen) atoms. The van der Waals surface area contributed by atoms with Gasteiger partial charge in [0, 0.05) is 12.6 Å². The zero-order chi connectivity index (χ0) is 12.7. The van der Waals surface area contributed by atoms with Gasteiger partial charge in [0.05, 0.1) is 6.54 Å². The van der Waals surface area contributed by atoms with E-state index in [1.807, 2.05) is 6.08 Å². The Balaban J connectivity index is 2.54. The largest absolute Gasteiger partial charge is 0.480 e. The molecule has 0 radical (unpaired) electrons. The molecule has 0 bridgehead atoms. The highest BCUT2D eigenvalue weighted by atomic mass is 16.4. The zero-order valence-corrected chi connectivity index (χ0v) is 10.9. The lowest BCUT2D eigenvalue weighted by atomic mass is 9.97. The molecule has 0 aromatic rings. The maximum absolute atomic E-state index is 10.9. The SMILES string of the molecule is C=CCN(CC(=O)O)C1CCCC(CC)CC1. The normalized spacial score (nSPS) is 25.5. The van der Waals surface area contributed by atoms with Crippen molar-refractivity contribution >= 4 is 5.97 Å². The summed E-state index contributed by atoms with van der Waals surface area (Å²) in [5.41, 5.74) is 0. The van der Waals surface area contributed by atoms with Gasteiger partial charge in [-0.1, -0.05) is 32.3 Å². The lowest BCUT2D eigenvalue weighted by molar-refractivity contribution is -0.138. The van der Waals surface area contributed by atoms with E-state index in [-0.39, 0.29) is 6.54 Å². The Morgan fingerprint density at radius 3 is 2.76 bits per heavy atom. The maximum Gasteiger partial charge on any atom is 0.317 e. The molecule has 0 heterocycles. The fraction of sp³-hybridized carbons (Fsp3) is 0.786. The van der Waals surface area contributed by atoms with Crippen LogP contribution in [0.4, 0.5) is 0 Å². The van der Waals surface area contributed by atoms with Gasteiger partial charge in [-0.3, -0.25) is 9.69 Å². The van der Waals surface area contributed by atoms with Crippen LogP contribution < -0.4 is 0 Å². The monoisotopic (exact) mass is 239 g/mol. The van der Waals surface area contributed by atoms with Crippen molar-refractivity contribution in [3.05, 3.63) is 12.7 Å². The van der Waals surface area contributed by atoms with E-state index in [1.54, 1.807) is 0 Å². The third-order valence-electron chi connectivity index (χ3n) is 3.85. The number of carbonyl (C=O) groups is 1. The van der Waals surface area contributed by atoms with Crippen molar-refractivity contribution in [1.82, 2.24) is 4.90 Å². The van der Waals surface area contributed by atoms with Crippen molar-refractivity contribution in [2.45, 2.75) is 51.5 Å². The van der Waals surface area contributed by atoms with Crippen LogP contribution in [0, 0.1) is 5.92 Å². The Kier molecular flexibility index (Phi) is 6.27. The summed E-state index contributed by atoms with van der Waals surface area (Å²) in [6, 6.07) is 0.431. The molecule has 3 heteroatoms. The van der Waals surface area contributed by atoms with Gasteiger partial charge < -0.3 is 5.11 Å². The van der Waals surface area contributed by atoms with E-state index in [2.05, 4.69) is 18.4 Å². The third kappa shape index (κ3) is 4.90. The quantitative estimate of drug-likeness (QED) is 0.572. The maximum atomic E-state index is 10.9. The minimum Gasteiger partial charge on any atom is -0.480 e. The molecule has 0 aromatic carbocycles. The van der Waals surface area contributed by atoms with Crippen molar-refractivity contribution in [2.75, 3.05) is 13.1 Å². The van der Waals surface area contributed by atoms with Gasteiger partial charge in [-0.2, -0.15) is 0 Å². The molecule has 1 N–H and O–H groups in total.